The second kappa shape index (κ2) is 8.08. The Hall–Kier alpha value is -1.48. The highest BCUT2D eigenvalue weighted by atomic mass is 79.9. The first-order valence-corrected chi connectivity index (χ1v) is 7.88. The standard InChI is InChI=1S/C9H11BrO.C9H12O/c1-6(2)8-5-7(10)3-4-9(8)11;1-7(2)8-5-3-4-6-9(8)10/h3-6,11H,1-2H3;3-7,10H,1-2H3. The minimum Gasteiger partial charge on any atom is -0.508 e. The number of benzene rings is 2. The molecule has 2 rings (SSSR count). The van der Waals surface area contributed by atoms with Crippen molar-refractivity contribution in [3.05, 3.63) is 58.1 Å². The van der Waals surface area contributed by atoms with Gasteiger partial charge < -0.3 is 10.2 Å². The first kappa shape index (κ1) is 17.6. The molecule has 0 saturated heterocycles. The van der Waals surface area contributed by atoms with Gasteiger partial charge in [-0.2, -0.15) is 0 Å². The van der Waals surface area contributed by atoms with Crippen LogP contribution in [0.15, 0.2) is 46.9 Å². The summed E-state index contributed by atoms with van der Waals surface area (Å²) in [5, 5.41) is 18.7. The molecular formula is C18H23BrO2. The monoisotopic (exact) mass is 350 g/mol. The smallest absolute Gasteiger partial charge is 0.119 e. The molecule has 2 nitrogen and oxygen atoms in total. The molecule has 0 radical (unpaired) electrons. The van der Waals surface area contributed by atoms with E-state index in [0.717, 1.165) is 15.6 Å². The van der Waals surface area contributed by atoms with Gasteiger partial charge in [0.1, 0.15) is 11.5 Å². The van der Waals surface area contributed by atoms with Crippen LogP contribution in [-0.2, 0) is 0 Å². The van der Waals surface area contributed by atoms with Crippen LogP contribution in [0, 0.1) is 0 Å². The van der Waals surface area contributed by atoms with Gasteiger partial charge in [0.2, 0.25) is 0 Å². The predicted octanol–water partition coefficient (Wildman–Crippen LogP) is 5.79. The zero-order valence-electron chi connectivity index (χ0n) is 13.0. The average molecular weight is 351 g/mol. The normalized spacial score (nSPS) is 10.4. The number of hydrogen-bond acceptors (Lipinski definition) is 2. The molecule has 2 aromatic rings. The molecule has 0 spiro atoms. The Morgan fingerprint density at radius 3 is 1.71 bits per heavy atom. The average Bonchev–Trinajstić information content (AvgIpc) is 2.42. The molecule has 0 heterocycles. The van der Waals surface area contributed by atoms with Crippen molar-refractivity contribution in [3.8, 4) is 11.5 Å². The second-order valence-corrected chi connectivity index (χ2v) is 6.49. The van der Waals surface area contributed by atoms with Crippen LogP contribution in [-0.4, -0.2) is 10.2 Å². The summed E-state index contributed by atoms with van der Waals surface area (Å²) < 4.78 is 1.01. The van der Waals surface area contributed by atoms with E-state index in [1.54, 1.807) is 12.1 Å². The Labute approximate surface area is 135 Å². The van der Waals surface area contributed by atoms with Gasteiger partial charge in [-0.25, -0.2) is 0 Å². The molecule has 0 amide bonds. The third-order valence-corrected chi connectivity index (χ3v) is 3.66. The quantitative estimate of drug-likeness (QED) is 0.718. The van der Waals surface area contributed by atoms with E-state index in [4.69, 9.17) is 0 Å². The molecule has 0 aliphatic carbocycles. The minimum atomic E-state index is 0.368. The molecule has 3 heteroatoms. The van der Waals surface area contributed by atoms with Crippen LogP contribution in [0.5, 0.6) is 11.5 Å². The molecule has 21 heavy (non-hydrogen) atoms. The van der Waals surface area contributed by atoms with E-state index < -0.39 is 0 Å². The van der Waals surface area contributed by atoms with Crippen molar-refractivity contribution >= 4 is 15.9 Å². The fraction of sp³-hybridized carbons (Fsp3) is 0.333. The van der Waals surface area contributed by atoms with Crippen molar-refractivity contribution in [3.63, 3.8) is 0 Å². The van der Waals surface area contributed by atoms with Crippen molar-refractivity contribution in [2.24, 2.45) is 0 Å². The second-order valence-electron chi connectivity index (χ2n) is 5.57. The van der Waals surface area contributed by atoms with Crippen molar-refractivity contribution in [1.82, 2.24) is 0 Å². The van der Waals surface area contributed by atoms with Gasteiger partial charge in [0, 0.05) is 4.47 Å². The summed E-state index contributed by atoms with van der Waals surface area (Å²) in [6.07, 6.45) is 0. The SMILES string of the molecule is CC(C)c1cc(Br)ccc1O.CC(C)c1ccccc1O. The van der Waals surface area contributed by atoms with E-state index in [2.05, 4.69) is 43.6 Å². The van der Waals surface area contributed by atoms with Gasteiger partial charge in [0.25, 0.3) is 0 Å². The number of hydrogen-bond donors (Lipinski definition) is 2. The van der Waals surface area contributed by atoms with Gasteiger partial charge in [0.05, 0.1) is 0 Å². The maximum atomic E-state index is 9.38. The highest BCUT2D eigenvalue weighted by molar-refractivity contribution is 9.10. The first-order chi connectivity index (χ1) is 9.82. The highest BCUT2D eigenvalue weighted by Crippen LogP contribution is 2.28. The number of aromatic hydroxyl groups is 2. The molecule has 0 saturated carbocycles. The number of phenolic OH excluding ortho intramolecular Hbond substituents is 2. The lowest BCUT2D eigenvalue weighted by Crippen LogP contribution is -1.87. The van der Waals surface area contributed by atoms with E-state index in [1.807, 2.05) is 30.3 Å². The Balaban J connectivity index is 0.000000211. The number of phenols is 2. The number of para-hydroxylation sites is 1. The van der Waals surface area contributed by atoms with Gasteiger partial charge in [-0.05, 0) is 47.2 Å². The molecule has 2 N–H and O–H groups in total. The maximum absolute atomic E-state index is 9.38. The Morgan fingerprint density at radius 2 is 1.29 bits per heavy atom. The summed E-state index contributed by atoms with van der Waals surface area (Å²) in [6.45, 7) is 8.24. The molecule has 0 aromatic heterocycles. The maximum Gasteiger partial charge on any atom is 0.119 e. The van der Waals surface area contributed by atoms with Crippen LogP contribution in [0.4, 0.5) is 0 Å². The third kappa shape index (κ3) is 5.43. The van der Waals surface area contributed by atoms with Crippen LogP contribution in [0.1, 0.15) is 50.7 Å². The van der Waals surface area contributed by atoms with Crippen LogP contribution < -0.4 is 0 Å². The molecule has 0 fully saturated rings. The highest BCUT2D eigenvalue weighted by Gasteiger charge is 2.05. The van der Waals surface area contributed by atoms with Crippen LogP contribution >= 0.6 is 15.9 Å². The molecule has 0 unspecified atom stereocenters. The molecule has 0 bridgehead atoms. The van der Waals surface area contributed by atoms with Gasteiger partial charge in [0.15, 0.2) is 0 Å². The van der Waals surface area contributed by atoms with Gasteiger partial charge >= 0.3 is 0 Å². The molecule has 114 valence electrons. The van der Waals surface area contributed by atoms with E-state index in [0.29, 0.717) is 23.3 Å². The van der Waals surface area contributed by atoms with Crippen molar-refractivity contribution in [1.29, 1.82) is 0 Å². The summed E-state index contributed by atoms with van der Waals surface area (Å²) in [6, 6.07) is 12.9. The Bertz CT molecular complexity index is 577. The van der Waals surface area contributed by atoms with Gasteiger partial charge in [-0.1, -0.05) is 61.8 Å². The van der Waals surface area contributed by atoms with Crippen LogP contribution in [0.3, 0.4) is 0 Å². The topological polar surface area (TPSA) is 40.5 Å². The summed E-state index contributed by atoms with van der Waals surface area (Å²) in [5.41, 5.74) is 2.00. The third-order valence-electron chi connectivity index (χ3n) is 3.17. The number of rotatable bonds is 2. The molecule has 0 aliphatic heterocycles. The predicted molar refractivity (Wildman–Crippen MR) is 92.1 cm³/mol. The number of halogens is 1. The fourth-order valence-corrected chi connectivity index (χ4v) is 2.34. The summed E-state index contributed by atoms with van der Waals surface area (Å²) in [5.74, 6) is 1.55. The minimum absolute atomic E-state index is 0.368. The first-order valence-electron chi connectivity index (χ1n) is 7.09. The lowest BCUT2D eigenvalue weighted by Gasteiger charge is -2.07. The zero-order chi connectivity index (χ0) is 16.0. The van der Waals surface area contributed by atoms with Crippen molar-refractivity contribution in [2.75, 3.05) is 0 Å². The van der Waals surface area contributed by atoms with E-state index in [1.165, 1.54) is 0 Å². The summed E-state index contributed by atoms with van der Waals surface area (Å²) >= 11 is 3.35. The van der Waals surface area contributed by atoms with Crippen LogP contribution in [0.25, 0.3) is 0 Å². The lowest BCUT2D eigenvalue weighted by molar-refractivity contribution is 0.464. The fourth-order valence-electron chi connectivity index (χ4n) is 1.96. The molecule has 2 aromatic carbocycles. The summed E-state index contributed by atoms with van der Waals surface area (Å²) in [7, 11) is 0. The Morgan fingerprint density at radius 1 is 0.762 bits per heavy atom. The van der Waals surface area contributed by atoms with Crippen molar-refractivity contribution < 1.29 is 10.2 Å². The summed E-state index contributed by atoms with van der Waals surface area (Å²) in [4.78, 5) is 0. The molecule has 0 atom stereocenters. The van der Waals surface area contributed by atoms with Crippen LogP contribution in [0.2, 0.25) is 0 Å². The van der Waals surface area contributed by atoms with E-state index in [-0.39, 0.29) is 0 Å². The van der Waals surface area contributed by atoms with E-state index in [9.17, 15) is 10.2 Å². The molecular weight excluding hydrogens is 328 g/mol. The zero-order valence-corrected chi connectivity index (χ0v) is 14.6. The van der Waals surface area contributed by atoms with Crippen molar-refractivity contribution in [2.45, 2.75) is 39.5 Å². The molecule has 0 aliphatic rings. The van der Waals surface area contributed by atoms with Gasteiger partial charge in [-0.3, -0.25) is 0 Å². The Kier molecular flexibility index (Phi) is 6.76. The van der Waals surface area contributed by atoms with E-state index >= 15 is 0 Å². The van der Waals surface area contributed by atoms with Gasteiger partial charge in [-0.15, -0.1) is 0 Å². The lowest BCUT2D eigenvalue weighted by atomic mass is 10.0. The largest absolute Gasteiger partial charge is 0.508 e.